The molecule has 1 aliphatic carbocycles. The standard InChI is InChI=1S/C15H19NO5/c1-16(14(20)11-5-6-13(19)21-10-11)15(9-12(17)18)7-3-2-4-8-15/h5-6,10H,2-4,7-9H2,1H3,(H,17,18). The zero-order valence-corrected chi connectivity index (χ0v) is 12.0. The van der Waals surface area contributed by atoms with Crippen LogP contribution in [0.25, 0.3) is 0 Å². The van der Waals surface area contributed by atoms with Crippen LogP contribution in [0.1, 0.15) is 48.9 Å². The maximum Gasteiger partial charge on any atom is 0.335 e. The molecular weight excluding hydrogens is 274 g/mol. The van der Waals surface area contributed by atoms with E-state index in [1.165, 1.54) is 17.0 Å². The van der Waals surface area contributed by atoms with E-state index < -0.39 is 17.1 Å². The molecule has 0 saturated heterocycles. The SMILES string of the molecule is CN(C(=O)c1ccc(=O)oc1)C1(CC(=O)O)CCCCC1. The number of carbonyl (C=O) groups excluding carboxylic acids is 1. The minimum Gasteiger partial charge on any atom is -0.481 e. The maximum atomic E-state index is 12.5. The van der Waals surface area contributed by atoms with E-state index in [4.69, 9.17) is 4.42 Å². The third kappa shape index (κ3) is 3.32. The molecule has 114 valence electrons. The fraction of sp³-hybridized carbons (Fsp3) is 0.533. The van der Waals surface area contributed by atoms with E-state index in [0.29, 0.717) is 12.8 Å². The van der Waals surface area contributed by atoms with Gasteiger partial charge in [0.1, 0.15) is 6.26 Å². The van der Waals surface area contributed by atoms with Crippen molar-refractivity contribution in [3.8, 4) is 0 Å². The molecule has 0 aromatic carbocycles. The summed E-state index contributed by atoms with van der Waals surface area (Å²) in [5.41, 5.74) is -0.920. The fourth-order valence-corrected chi connectivity index (χ4v) is 3.01. The van der Waals surface area contributed by atoms with Crippen LogP contribution in [0.2, 0.25) is 0 Å². The summed E-state index contributed by atoms with van der Waals surface area (Å²) in [7, 11) is 1.63. The van der Waals surface area contributed by atoms with Crippen LogP contribution in [0.5, 0.6) is 0 Å². The van der Waals surface area contributed by atoms with Gasteiger partial charge in [0.15, 0.2) is 0 Å². The van der Waals surface area contributed by atoms with Gasteiger partial charge in [-0.3, -0.25) is 9.59 Å². The molecule has 0 radical (unpaired) electrons. The zero-order chi connectivity index (χ0) is 15.5. The van der Waals surface area contributed by atoms with Crippen LogP contribution in [-0.2, 0) is 4.79 Å². The van der Waals surface area contributed by atoms with Crippen LogP contribution in [0.3, 0.4) is 0 Å². The van der Waals surface area contributed by atoms with Gasteiger partial charge in [-0.15, -0.1) is 0 Å². The maximum absolute atomic E-state index is 12.5. The Hall–Kier alpha value is -2.11. The number of hydrogen-bond acceptors (Lipinski definition) is 4. The van der Waals surface area contributed by atoms with E-state index in [9.17, 15) is 19.5 Å². The van der Waals surface area contributed by atoms with E-state index in [-0.39, 0.29) is 17.9 Å². The van der Waals surface area contributed by atoms with Gasteiger partial charge in [0.2, 0.25) is 0 Å². The highest BCUT2D eigenvalue weighted by molar-refractivity contribution is 5.94. The lowest BCUT2D eigenvalue weighted by atomic mass is 9.78. The largest absolute Gasteiger partial charge is 0.481 e. The summed E-state index contributed by atoms with van der Waals surface area (Å²) in [5, 5.41) is 9.17. The molecule has 1 saturated carbocycles. The van der Waals surface area contributed by atoms with Crippen molar-refractivity contribution in [3.63, 3.8) is 0 Å². The molecule has 6 heteroatoms. The average Bonchev–Trinajstić information content (AvgIpc) is 2.47. The highest BCUT2D eigenvalue weighted by atomic mass is 16.4. The Morgan fingerprint density at radius 1 is 1.29 bits per heavy atom. The Labute approximate surface area is 122 Å². The third-order valence-electron chi connectivity index (χ3n) is 4.23. The first-order chi connectivity index (χ1) is 9.94. The molecule has 1 aromatic rings. The lowest BCUT2D eigenvalue weighted by Crippen LogP contribution is -2.52. The van der Waals surface area contributed by atoms with Crippen molar-refractivity contribution < 1.29 is 19.1 Å². The summed E-state index contributed by atoms with van der Waals surface area (Å²) in [6, 6.07) is 2.59. The summed E-state index contributed by atoms with van der Waals surface area (Å²) in [6.45, 7) is 0. The van der Waals surface area contributed by atoms with Gasteiger partial charge in [-0.2, -0.15) is 0 Å². The van der Waals surface area contributed by atoms with Crippen LogP contribution in [0.4, 0.5) is 0 Å². The molecule has 0 aliphatic heterocycles. The summed E-state index contributed by atoms with van der Waals surface area (Å²) < 4.78 is 4.71. The molecular formula is C15H19NO5. The Bertz CT molecular complexity index is 565. The normalized spacial score (nSPS) is 17.2. The molecule has 0 unspecified atom stereocenters. The van der Waals surface area contributed by atoms with Crippen LogP contribution >= 0.6 is 0 Å². The minimum absolute atomic E-state index is 0.0635. The van der Waals surface area contributed by atoms with Gasteiger partial charge < -0.3 is 14.4 Å². The number of carboxylic acids is 1. The van der Waals surface area contributed by atoms with Gasteiger partial charge in [0.25, 0.3) is 5.91 Å². The minimum atomic E-state index is -0.906. The number of aliphatic carboxylic acids is 1. The average molecular weight is 293 g/mol. The van der Waals surface area contributed by atoms with Crippen LogP contribution < -0.4 is 5.63 Å². The zero-order valence-electron chi connectivity index (χ0n) is 12.0. The highest BCUT2D eigenvalue weighted by Crippen LogP contribution is 2.36. The molecule has 2 rings (SSSR count). The molecule has 21 heavy (non-hydrogen) atoms. The van der Waals surface area contributed by atoms with E-state index in [1.807, 2.05) is 0 Å². The summed E-state index contributed by atoms with van der Waals surface area (Å²) in [6.07, 6.45) is 5.30. The van der Waals surface area contributed by atoms with Gasteiger partial charge in [0, 0.05) is 13.1 Å². The second-order valence-electron chi connectivity index (χ2n) is 5.56. The van der Waals surface area contributed by atoms with Crippen LogP contribution in [-0.4, -0.2) is 34.5 Å². The topological polar surface area (TPSA) is 87.8 Å². The third-order valence-corrected chi connectivity index (χ3v) is 4.23. The van der Waals surface area contributed by atoms with Crippen molar-refractivity contribution in [3.05, 3.63) is 34.4 Å². The summed E-state index contributed by atoms with van der Waals surface area (Å²) >= 11 is 0. The first-order valence-corrected chi connectivity index (χ1v) is 7.03. The number of carbonyl (C=O) groups is 2. The quantitative estimate of drug-likeness (QED) is 0.915. The lowest BCUT2D eigenvalue weighted by Gasteiger charge is -2.43. The van der Waals surface area contributed by atoms with Crippen molar-refractivity contribution in [2.75, 3.05) is 7.05 Å². The molecule has 0 bridgehead atoms. The Balaban J connectivity index is 2.26. The lowest BCUT2D eigenvalue weighted by molar-refractivity contribution is -0.140. The number of rotatable bonds is 4. The summed E-state index contributed by atoms with van der Waals surface area (Å²) in [4.78, 5) is 36.2. The molecule has 0 atom stereocenters. The fourth-order valence-electron chi connectivity index (χ4n) is 3.01. The van der Waals surface area contributed by atoms with E-state index in [1.54, 1.807) is 7.05 Å². The second-order valence-corrected chi connectivity index (χ2v) is 5.56. The molecule has 1 amide bonds. The number of nitrogens with zero attached hydrogens (tertiary/aromatic N) is 1. The van der Waals surface area contributed by atoms with Crippen LogP contribution in [0, 0.1) is 0 Å². The van der Waals surface area contributed by atoms with Crippen molar-refractivity contribution >= 4 is 11.9 Å². The van der Waals surface area contributed by atoms with E-state index in [2.05, 4.69) is 0 Å². The highest BCUT2D eigenvalue weighted by Gasteiger charge is 2.40. The smallest absolute Gasteiger partial charge is 0.335 e. The molecule has 1 N–H and O–H groups in total. The number of hydrogen-bond donors (Lipinski definition) is 1. The van der Waals surface area contributed by atoms with Crippen molar-refractivity contribution in [1.82, 2.24) is 4.90 Å². The Morgan fingerprint density at radius 2 is 1.95 bits per heavy atom. The first kappa shape index (κ1) is 15.3. The molecule has 1 aliphatic rings. The molecule has 0 spiro atoms. The van der Waals surface area contributed by atoms with Crippen LogP contribution in [0.15, 0.2) is 27.6 Å². The second kappa shape index (κ2) is 6.11. The molecule has 6 nitrogen and oxygen atoms in total. The van der Waals surface area contributed by atoms with Gasteiger partial charge in [-0.05, 0) is 18.9 Å². The van der Waals surface area contributed by atoms with Gasteiger partial charge in [-0.25, -0.2) is 4.79 Å². The molecule has 1 heterocycles. The Morgan fingerprint density at radius 3 is 2.48 bits per heavy atom. The van der Waals surface area contributed by atoms with Gasteiger partial charge >= 0.3 is 11.6 Å². The molecule has 1 aromatic heterocycles. The predicted octanol–water partition coefficient (Wildman–Crippen LogP) is 1.89. The van der Waals surface area contributed by atoms with Crippen molar-refractivity contribution in [1.29, 1.82) is 0 Å². The van der Waals surface area contributed by atoms with Crippen molar-refractivity contribution in [2.45, 2.75) is 44.1 Å². The van der Waals surface area contributed by atoms with E-state index >= 15 is 0 Å². The van der Waals surface area contributed by atoms with Crippen molar-refractivity contribution in [2.24, 2.45) is 0 Å². The Kier molecular flexibility index (Phi) is 4.45. The first-order valence-electron chi connectivity index (χ1n) is 7.03. The molecule has 1 fully saturated rings. The number of carboxylic acid groups (broad SMARTS) is 1. The monoisotopic (exact) mass is 293 g/mol. The van der Waals surface area contributed by atoms with E-state index in [0.717, 1.165) is 25.5 Å². The van der Waals surface area contributed by atoms with Gasteiger partial charge in [0.05, 0.1) is 17.5 Å². The number of amides is 1. The predicted molar refractivity (Wildman–Crippen MR) is 75.1 cm³/mol. The summed E-state index contributed by atoms with van der Waals surface area (Å²) in [5.74, 6) is -1.22. The van der Waals surface area contributed by atoms with Gasteiger partial charge in [-0.1, -0.05) is 19.3 Å².